The SMILES string of the molecule is C[C@H](O)C(=O)N1CCC(CCN2C(Sc3cc4c(cc3Br)OCO4)=NC3C2=NC=NC3N)CC1. The number of benzene rings is 1. The van der Waals surface area contributed by atoms with E-state index in [2.05, 4.69) is 30.8 Å². The zero-order chi connectivity index (χ0) is 23.8. The smallest absolute Gasteiger partial charge is 0.251 e. The van der Waals surface area contributed by atoms with Crippen molar-refractivity contribution >= 4 is 50.9 Å². The number of piperidine rings is 1. The van der Waals surface area contributed by atoms with Gasteiger partial charge < -0.3 is 30.1 Å². The van der Waals surface area contributed by atoms with Gasteiger partial charge in [-0.25, -0.2) is 9.98 Å². The first kappa shape index (κ1) is 23.6. The van der Waals surface area contributed by atoms with Gasteiger partial charge in [0.2, 0.25) is 6.79 Å². The third-order valence-corrected chi connectivity index (χ3v) is 8.43. The van der Waals surface area contributed by atoms with Gasteiger partial charge >= 0.3 is 0 Å². The predicted molar refractivity (Wildman–Crippen MR) is 134 cm³/mol. The van der Waals surface area contributed by atoms with E-state index in [1.54, 1.807) is 4.90 Å². The van der Waals surface area contributed by atoms with Gasteiger partial charge in [0.05, 0.1) is 0 Å². The maximum atomic E-state index is 12.1. The number of amides is 1. The lowest BCUT2D eigenvalue weighted by Gasteiger charge is -2.34. The Balaban J connectivity index is 1.28. The van der Waals surface area contributed by atoms with E-state index in [0.29, 0.717) is 24.8 Å². The summed E-state index contributed by atoms with van der Waals surface area (Å²) in [5.74, 6) is 2.54. The van der Waals surface area contributed by atoms with Gasteiger partial charge in [0.15, 0.2) is 16.7 Å². The Morgan fingerprint density at radius 2 is 2.06 bits per heavy atom. The summed E-state index contributed by atoms with van der Waals surface area (Å²) in [5.41, 5.74) is 6.22. The summed E-state index contributed by atoms with van der Waals surface area (Å²) in [6, 6.07) is 3.56. The lowest BCUT2D eigenvalue weighted by molar-refractivity contribution is -0.140. The summed E-state index contributed by atoms with van der Waals surface area (Å²) in [4.78, 5) is 30.6. The maximum Gasteiger partial charge on any atom is 0.251 e. The first-order chi connectivity index (χ1) is 16.4. The van der Waals surface area contributed by atoms with Crippen LogP contribution < -0.4 is 15.2 Å². The Morgan fingerprint density at radius 3 is 2.79 bits per heavy atom. The van der Waals surface area contributed by atoms with Gasteiger partial charge in [0.25, 0.3) is 5.91 Å². The number of aliphatic hydroxyl groups excluding tert-OH is 1. The van der Waals surface area contributed by atoms with E-state index < -0.39 is 12.3 Å². The van der Waals surface area contributed by atoms with Gasteiger partial charge in [-0.1, -0.05) is 11.8 Å². The summed E-state index contributed by atoms with van der Waals surface area (Å²) < 4.78 is 11.9. The fourth-order valence-corrected chi connectivity index (χ4v) is 6.06. The molecule has 10 nitrogen and oxygen atoms in total. The number of hydrogen-bond donors (Lipinski definition) is 2. The summed E-state index contributed by atoms with van der Waals surface area (Å²) in [6.07, 6.45) is 2.88. The fraction of sp³-hybridized carbons (Fsp3) is 0.545. The number of aliphatic hydroxyl groups is 1. The monoisotopic (exact) mass is 550 g/mol. The van der Waals surface area contributed by atoms with E-state index in [1.165, 1.54) is 25.0 Å². The van der Waals surface area contributed by atoms with Crippen molar-refractivity contribution in [2.24, 2.45) is 26.6 Å². The van der Waals surface area contributed by atoms with Gasteiger partial charge in [-0.3, -0.25) is 9.79 Å². The van der Waals surface area contributed by atoms with Crippen LogP contribution in [0.3, 0.4) is 0 Å². The molecule has 0 spiro atoms. The van der Waals surface area contributed by atoms with Gasteiger partial charge in [-0.2, -0.15) is 0 Å². The highest BCUT2D eigenvalue weighted by Gasteiger charge is 2.38. The minimum atomic E-state index is -0.945. The summed E-state index contributed by atoms with van der Waals surface area (Å²) in [5, 5.41) is 10.4. The van der Waals surface area contributed by atoms with Gasteiger partial charge in [0.1, 0.15) is 30.5 Å². The first-order valence-electron chi connectivity index (χ1n) is 11.3. The molecule has 1 fully saturated rings. The van der Waals surface area contributed by atoms with Crippen LogP contribution in [0.1, 0.15) is 26.2 Å². The highest BCUT2D eigenvalue weighted by Crippen LogP contribution is 2.42. The maximum absolute atomic E-state index is 12.1. The minimum absolute atomic E-state index is 0.189. The van der Waals surface area contributed by atoms with Crippen LogP contribution in [0.25, 0.3) is 0 Å². The van der Waals surface area contributed by atoms with Crippen LogP contribution >= 0.6 is 27.7 Å². The second-order valence-corrected chi connectivity index (χ2v) is 10.6. The Kier molecular flexibility index (Phi) is 6.83. The topological polar surface area (TPSA) is 125 Å². The molecule has 4 aliphatic heterocycles. The molecule has 0 saturated carbocycles. The summed E-state index contributed by atoms with van der Waals surface area (Å²) >= 11 is 5.17. The number of carbonyl (C=O) groups excluding carboxylic acids is 1. The minimum Gasteiger partial charge on any atom is -0.454 e. The van der Waals surface area contributed by atoms with E-state index in [-0.39, 0.29) is 18.7 Å². The van der Waals surface area contributed by atoms with Crippen LogP contribution in [0.4, 0.5) is 0 Å². The van der Waals surface area contributed by atoms with Crippen LogP contribution in [0.5, 0.6) is 11.5 Å². The molecule has 3 N–H and O–H groups in total. The van der Waals surface area contributed by atoms with Crippen LogP contribution in [0.15, 0.2) is 36.5 Å². The standard InChI is InChI=1S/C22H27BrN6O4S/c1-12(30)21(31)28-5-2-13(3-6-28)4-7-29-20-18(19(24)25-10-26-20)27-22(29)34-17-9-16-15(8-14(17)23)32-11-33-16/h8-10,12-13,18-19,30H,2-7,11,24H2,1H3/t12-,18?,19?/m0/s1. The molecule has 0 radical (unpaired) electrons. The van der Waals surface area contributed by atoms with E-state index in [0.717, 1.165) is 51.9 Å². The highest BCUT2D eigenvalue weighted by molar-refractivity contribution is 9.10. The molecule has 4 heterocycles. The number of aliphatic imine (C=N–C) groups is 3. The van der Waals surface area contributed by atoms with Gasteiger partial charge in [-0.05, 0) is 60.2 Å². The molecule has 0 aromatic heterocycles. The number of halogens is 1. The second kappa shape index (κ2) is 9.84. The Hall–Kier alpha value is -2.15. The average Bonchev–Trinajstić information content (AvgIpc) is 3.42. The number of nitrogens with zero attached hydrogens (tertiary/aromatic N) is 5. The number of ether oxygens (including phenoxy) is 2. The summed E-state index contributed by atoms with van der Waals surface area (Å²) in [7, 11) is 0. The normalized spacial score (nSPS) is 24.7. The number of thioether (sulfide) groups is 1. The number of rotatable bonds is 5. The Labute approximate surface area is 210 Å². The van der Waals surface area contributed by atoms with E-state index in [4.69, 9.17) is 20.2 Å². The van der Waals surface area contributed by atoms with Gasteiger partial charge in [0, 0.05) is 29.0 Å². The number of likely N-dealkylation sites (tertiary alicyclic amines) is 1. The van der Waals surface area contributed by atoms with Crippen molar-refractivity contribution in [2.45, 2.75) is 49.4 Å². The van der Waals surface area contributed by atoms with Crippen molar-refractivity contribution in [1.82, 2.24) is 9.80 Å². The van der Waals surface area contributed by atoms with Crippen molar-refractivity contribution in [2.75, 3.05) is 26.4 Å². The van der Waals surface area contributed by atoms with E-state index in [9.17, 15) is 9.90 Å². The van der Waals surface area contributed by atoms with Gasteiger partial charge in [-0.15, -0.1) is 0 Å². The molecule has 12 heteroatoms. The van der Waals surface area contributed by atoms with Crippen molar-refractivity contribution in [3.05, 3.63) is 16.6 Å². The largest absolute Gasteiger partial charge is 0.454 e. The number of amidine groups is 2. The van der Waals surface area contributed by atoms with Crippen molar-refractivity contribution < 1.29 is 19.4 Å². The molecule has 0 aliphatic carbocycles. The van der Waals surface area contributed by atoms with Crippen molar-refractivity contribution in [3.8, 4) is 11.5 Å². The third-order valence-electron chi connectivity index (χ3n) is 6.45. The molecular formula is C22H27BrN6O4S. The van der Waals surface area contributed by atoms with Crippen LogP contribution in [-0.4, -0.2) is 82.9 Å². The molecule has 4 aliphatic rings. The van der Waals surface area contributed by atoms with Crippen LogP contribution in [0.2, 0.25) is 0 Å². The lowest BCUT2D eigenvalue weighted by atomic mass is 9.93. The molecule has 1 saturated heterocycles. The molecule has 1 amide bonds. The molecule has 34 heavy (non-hydrogen) atoms. The number of hydrogen-bond acceptors (Lipinski definition) is 10. The third kappa shape index (κ3) is 4.68. The zero-order valence-electron chi connectivity index (χ0n) is 18.8. The average molecular weight is 551 g/mol. The van der Waals surface area contributed by atoms with E-state index in [1.807, 2.05) is 12.1 Å². The fourth-order valence-electron chi connectivity index (χ4n) is 4.51. The molecule has 2 unspecified atom stereocenters. The lowest BCUT2D eigenvalue weighted by Crippen LogP contribution is -2.45. The Morgan fingerprint density at radius 1 is 1.32 bits per heavy atom. The molecule has 1 aromatic carbocycles. The van der Waals surface area contributed by atoms with Crippen LogP contribution in [0, 0.1) is 5.92 Å². The molecule has 5 rings (SSSR count). The van der Waals surface area contributed by atoms with Crippen molar-refractivity contribution in [3.63, 3.8) is 0 Å². The molecular weight excluding hydrogens is 524 g/mol. The molecule has 0 bridgehead atoms. The van der Waals surface area contributed by atoms with Crippen LogP contribution in [-0.2, 0) is 4.79 Å². The van der Waals surface area contributed by atoms with E-state index >= 15 is 0 Å². The molecule has 182 valence electrons. The number of nitrogens with two attached hydrogens (primary N) is 1. The Bertz CT molecular complexity index is 1060. The first-order valence-corrected chi connectivity index (χ1v) is 13.0. The zero-order valence-corrected chi connectivity index (χ0v) is 21.2. The predicted octanol–water partition coefficient (Wildman–Crippen LogP) is 2.04. The summed E-state index contributed by atoms with van der Waals surface area (Å²) in [6.45, 7) is 3.84. The van der Waals surface area contributed by atoms with Crippen molar-refractivity contribution in [1.29, 1.82) is 0 Å². The number of carbonyl (C=O) groups is 1. The molecule has 3 atom stereocenters. The second-order valence-electron chi connectivity index (χ2n) is 8.72. The highest BCUT2D eigenvalue weighted by atomic mass is 79.9. The molecule has 1 aromatic rings. The quantitative estimate of drug-likeness (QED) is 0.574. The number of fused-ring (bicyclic) bond motifs is 2.